The molecule has 0 radical (unpaired) electrons. The van der Waals surface area contributed by atoms with E-state index in [9.17, 15) is 14.7 Å². The summed E-state index contributed by atoms with van der Waals surface area (Å²) in [6, 6.07) is 23.5. The SMILES string of the molecule is CCC(C(NP(=O)(c1ccccc1)c1ccccc1)c1ccc(OC)cc1)[N+](=O)[O-]. The number of benzene rings is 3. The molecular formula is C23H25N2O4P. The molecular weight excluding hydrogens is 399 g/mol. The van der Waals surface area contributed by atoms with Gasteiger partial charge in [0.25, 0.3) is 0 Å². The highest BCUT2D eigenvalue weighted by Gasteiger charge is 2.38. The average molecular weight is 424 g/mol. The summed E-state index contributed by atoms with van der Waals surface area (Å²) >= 11 is 0. The summed E-state index contributed by atoms with van der Waals surface area (Å²) < 4.78 is 19.6. The normalized spacial score (nSPS) is 13.4. The second kappa shape index (κ2) is 9.70. The number of methoxy groups -OCH3 is 1. The minimum atomic E-state index is -3.36. The summed E-state index contributed by atoms with van der Waals surface area (Å²) in [7, 11) is -1.79. The lowest BCUT2D eigenvalue weighted by Gasteiger charge is -2.28. The van der Waals surface area contributed by atoms with Gasteiger partial charge in [-0.05, 0) is 42.0 Å². The van der Waals surface area contributed by atoms with Crippen molar-refractivity contribution in [3.63, 3.8) is 0 Å². The third kappa shape index (κ3) is 4.61. The van der Waals surface area contributed by atoms with Gasteiger partial charge in [-0.1, -0.05) is 55.5 Å². The van der Waals surface area contributed by atoms with Gasteiger partial charge in [-0.15, -0.1) is 0 Å². The maximum Gasteiger partial charge on any atom is 0.232 e. The molecule has 0 amide bonds. The summed E-state index contributed by atoms with van der Waals surface area (Å²) in [5, 5.41) is 16.3. The predicted molar refractivity (Wildman–Crippen MR) is 120 cm³/mol. The summed E-state index contributed by atoms with van der Waals surface area (Å²) in [5.41, 5.74) is 0.687. The predicted octanol–water partition coefficient (Wildman–Crippen LogP) is 4.31. The topological polar surface area (TPSA) is 81.5 Å². The van der Waals surface area contributed by atoms with Crippen LogP contribution in [0.3, 0.4) is 0 Å². The van der Waals surface area contributed by atoms with Crippen LogP contribution >= 0.6 is 7.29 Å². The molecule has 156 valence electrons. The second-order valence-corrected chi connectivity index (χ2v) is 9.43. The molecule has 7 heteroatoms. The van der Waals surface area contributed by atoms with Gasteiger partial charge >= 0.3 is 0 Å². The van der Waals surface area contributed by atoms with Gasteiger partial charge in [-0.2, -0.15) is 0 Å². The van der Waals surface area contributed by atoms with E-state index in [0.29, 0.717) is 28.3 Å². The van der Waals surface area contributed by atoms with E-state index in [4.69, 9.17) is 4.74 Å². The molecule has 0 bridgehead atoms. The number of rotatable bonds is 9. The van der Waals surface area contributed by atoms with Gasteiger partial charge in [-0.3, -0.25) is 14.7 Å². The minimum Gasteiger partial charge on any atom is -0.497 e. The largest absolute Gasteiger partial charge is 0.497 e. The molecule has 0 saturated carbocycles. The summed E-state index contributed by atoms with van der Waals surface area (Å²) in [6.07, 6.45) is 0.292. The van der Waals surface area contributed by atoms with Crippen molar-refractivity contribution in [1.29, 1.82) is 0 Å². The van der Waals surface area contributed by atoms with E-state index < -0.39 is 19.4 Å². The van der Waals surface area contributed by atoms with E-state index in [1.807, 2.05) is 36.4 Å². The second-order valence-electron chi connectivity index (χ2n) is 6.92. The number of nitrogens with one attached hydrogen (secondary N) is 1. The Hall–Kier alpha value is -2.95. The van der Waals surface area contributed by atoms with Crippen LogP contribution in [-0.2, 0) is 4.57 Å². The Morgan fingerprint density at radius 1 is 0.933 bits per heavy atom. The molecule has 3 rings (SSSR count). The van der Waals surface area contributed by atoms with E-state index in [2.05, 4.69) is 5.09 Å². The van der Waals surface area contributed by atoms with Crippen molar-refractivity contribution < 1.29 is 14.2 Å². The summed E-state index contributed by atoms with van der Waals surface area (Å²) in [4.78, 5) is 11.6. The van der Waals surface area contributed by atoms with Crippen molar-refractivity contribution in [1.82, 2.24) is 5.09 Å². The van der Waals surface area contributed by atoms with E-state index in [-0.39, 0.29) is 4.92 Å². The highest BCUT2D eigenvalue weighted by Crippen LogP contribution is 2.43. The van der Waals surface area contributed by atoms with Crippen LogP contribution in [0.5, 0.6) is 5.75 Å². The quantitative estimate of drug-likeness (QED) is 0.315. The molecule has 0 aromatic heterocycles. The zero-order valence-electron chi connectivity index (χ0n) is 17.0. The van der Waals surface area contributed by atoms with Crippen LogP contribution < -0.4 is 20.4 Å². The van der Waals surface area contributed by atoms with Crippen LogP contribution in [0.25, 0.3) is 0 Å². The van der Waals surface area contributed by atoms with Crippen molar-refractivity contribution >= 4 is 17.9 Å². The fourth-order valence-electron chi connectivity index (χ4n) is 3.47. The first kappa shape index (κ1) is 21.8. The van der Waals surface area contributed by atoms with Crippen molar-refractivity contribution in [3.8, 4) is 5.75 Å². The van der Waals surface area contributed by atoms with Crippen molar-refractivity contribution in [2.45, 2.75) is 25.4 Å². The first-order chi connectivity index (χ1) is 14.5. The molecule has 2 unspecified atom stereocenters. The molecule has 0 fully saturated rings. The van der Waals surface area contributed by atoms with Gasteiger partial charge < -0.3 is 4.74 Å². The Morgan fingerprint density at radius 2 is 1.43 bits per heavy atom. The van der Waals surface area contributed by atoms with Gasteiger partial charge in [0.05, 0.1) is 7.11 Å². The Morgan fingerprint density at radius 3 is 1.83 bits per heavy atom. The van der Waals surface area contributed by atoms with Gasteiger partial charge in [0.2, 0.25) is 13.3 Å². The number of hydrogen-bond acceptors (Lipinski definition) is 4. The maximum absolute atomic E-state index is 14.4. The van der Waals surface area contributed by atoms with E-state index in [1.54, 1.807) is 62.6 Å². The van der Waals surface area contributed by atoms with Gasteiger partial charge in [0.15, 0.2) is 0 Å². The third-order valence-corrected chi connectivity index (χ3v) is 7.80. The minimum absolute atomic E-state index is 0.292. The molecule has 30 heavy (non-hydrogen) atoms. The van der Waals surface area contributed by atoms with Gasteiger partial charge in [0, 0.05) is 22.0 Å². The van der Waals surface area contributed by atoms with Crippen LogP contribution in [0.2, 0.25) is 0 Å². The van der Waals surface area contributed by atoms with E-state index >= 15 is 0 Å². The average Bonchev–Trinajstić information content (AvgIpc) is 2.80. The smallest absolute Gasteiger partial charge is 0.232 e. The summed E-state index contributed by atoms with van der Waals surface area (Å²) in [5.74, 6) is 0.654. The van der Waals surface area contributed by atoms with Crippen LogP contribution in [0, 0.1) is 10.1 Å². The lowest BCUT2D eigenvalue weighted by Crippen LogP contribution is -2.39. The maximum atomic E-state index is 14.4. The van der Waals surface area contributed by atoms with Crippen LogP contribution in [0.1, 0.15) is 24.9 Å². The van der Waals surface area contributed by atoms with E-state index in [1.165, 1.54) is 0 Å². The Bertz CT molecular complexity index is 967. The lowest BCUT2D eigenvalue weighted by atomic mass is 9.99. The number of nitrogens with zero attached hydrogens (tertiary/aromatic N) is 1. The molecule has 6 nitrogen and oxygen atoms in total. The van der Waals surface area contributed by atoms with Gasteiger partial charge in [0.1, 0.15) is 11.8 Å². The zero-order chi connectivity index (χ0) is 21.6. The fraction of sp³-hybridized carbons (Fsp3) is 0.217. The fourth-order valence-corrected chi connectivity index (χ4v) is 5.96. The first-order valence-electron chi connectivity index (χ1n) is 9.76. The summed E-state index contributed by atoms with van der Waals surface area (Å²) in [6.45, 7) is 1.77. The van der Waals surface area contributed by atoms with Crippen molar-refractivity contribution in [2.24, 2.45) is 0 Å². The highest BCUT2D eigenvalue weighted by atomic mass is 31.2. The Labute approximate surface area is 176 Å². The van der Waals surface area contributed by atoms with Crippen molar-refractivity contribution in [3.05, 3.63) is 101 Å². The molecule has 0 spiro atoms. The lowest BCUT2D eigenvalue weighted by molar-refractivity contribution is -0.527. The Balaban J connectivity index is 2.13. The standard InChI is InChI=1S/C23H25N2O4P/c1-3-22(25(26)27)23(18-14-16-19(29-2)17-15-18)24-30(28,20-10-6-4-7-11-20)21-12-8-5-9-13-21/h4-17,22-23H,3H2,1-2H3,(H,24,28). The van der Waals surface area contributed by atoms with Crippen LogP contribution in [-0.4, -0.2) is 18.1 Å². The molecule has 2 atom stereocenters. The van der Waals surface area contributed by atoms with Crippen molar-refractivity contribution in [2.75, 3.05) is 7.11 Å². The Kier molecular flexibility index (Phi) is 7.03. The molecule has 1 N–H and O–H groups in total. The zero-order valence-corrected chi connectivity index (χ0v) is 17.9. The highest BCUT2D eigenvalue weighted by molar-refractivity contribution is 7.76. The molecule has 0 saturated heterocycles. The van der Waals surface area contributed by atoms with E-state index in [0.717, 1.165) is 0 Å². The third-order valence-electron chi connectivity index (χ3n) is 5.11. The van der Waals surface area contributed by atoms with Crippen LogP contribution in [0.4, 0.5) is 0 Å². The van der Waals surface area contributed by atoms with Crippen LogP contribution in [0.15, 0.2) is 84.9 Å². The molecule has 3 aromatic rings. The number of nitro groups is 1. The molecule has 0 aliphatic carbocycles. The molecule has 3 aromatic carbocycles. The first-order valence-corrected chi connectivity index (χ1v) is 11.5. The molecule has 0 aliphatic rings. The number of ether oxygens (including phenoxy) is 1. The number of hydrogen-bond donors (Lipinski definition) is 1. The monoisotopic (exact) mass is 424 g/mol. The molecule has 0 heterocycles. The molecule has 0 aliphatic heterocycles. The van der Waals surface area contributed by atoms with Gasteiger partial charge in [-0.25, -0.2) is 5.09 Å².